The number of ether oxygens (including phenoxy) is 1. The van der Waals surface area contributed by atoms with Crippen molar-refractivity contribution in [3.05, 3.63) is 47.7 Å². The first-order chi connectivity index (χ1) is 12.1. The van der Waals surface area contributed by atoms with Crippen molar-refractivity contribution >= 4 is 5.91 Å². The molecule has 2 aromatic rings. The first-order valence-corrected chi connectivity index (χ1v) is 9.08. The van der Waals surface area contributed by atoms with Gasteiger partial charge in [-0.15, -0.1) is 0 Å². The number of hydrogen-bond acceptors (Lipinski definition) is 3. The number of aromatic amines is 1. The lowest BCUT2D eigenvalue weighted by molar-refractivity contribution is 0.0217. The fourth-order valence-electron chi connectivity index (χ4n) is 4.12. The zero-order valence-corrected chi connectivity index (χ0v) is 14.8. The summed E-state index contributed by atoms with van der Waals surface area (Å²) in [5.41, 5.74) is 1.73. The summed E-state index contributed by atoms with van der Waals surface area (Å²) in [6, 6.07) is 11.9. The maximum Gasteiger partial charge on any atom is 0.251 e. The maximum absolute atomic E-state index is 12.6. The highest BCUT2D eigenvalue weighted by molar-refractivity contribution is 5.94. The lowest BCUT2D eigenvalue weighted by atomic mass is 9.79. The first kappa shape index (κ1) is 16.2. The number of nitrogens with one attached hydrogen (secondary N) is 2. The summed E-state index contributed by atoms with van der Waals surface area (Å²) in [7, 11) is 0. The first-order valence-electron chi connectivity index (χ1n) is 9.08. The Morgan fingerprint density at radius 2 is 1.88 bits per heavy atom. The molecule has 3 saturated heterocycles. The van der Waals surface area contributed by atoms with Crippen LogP contribution in [-0.4, -0.2) is 41.0 Å². The van der Waals surface area contributed by atoms with Crippen LogP contribution in [0.25, 0.3) is 0 Å². The third-order valence-electron chi connectivity index (χ3n) is 5.62. The number of carbonyl (C=O) groups excluding carboxylic acids is 1. The van der Waals surface area contributed by atoms with Crippen LogP contribution in [0.5, 0.6) is 11.6 Å². The van der Waals surface area contributed by atoms with Crippen LogP contribution in [-0.2, 0) is 0 Å². The van der Waals surface area contributed by atoms with E-state index in [-0.39, 0.29) is 11.9 Å². The third kappa shape index (κ3) is 3.29. The lowest BCUT2D eigenvalue weighted by Crippen LogP contribution is -2.62. The monoisotopic (exact) mass is 339 g/mol. The number of aryl methyl sites for hydroxylation is 1. The molecule has 3 aliphatic heterocycles. The van der Waals surface area contributed by atoms with Gasteiger partial charge in [0.2, 0.25) is 0 Å². The van der Waals surface area contributed by atoms with E-state index in [9.17, 15) is 4.79 Å². The van der Waals surface area contributed by atoms with Crippen LogP contribution >= 0.6 is 0 Å². The minimum atomic E-state index is 0.00729. The molecule has 0 saturated carbocycles. The molecule has 2 N–H and O–H groups in total. The molecule has 5 rings (SSSR count). The molecule has 2 unspecified atom stereocenters. The van der Waals surface area contributed by atoms with E-state index in [1.54, 1.807) is 0 Å². The van der Waals surface area contributed by atoms with Gasteiger partial charge in [0.25, 0.3) is 5.91 Å². The second-order valence-electron chi connectivity index (χ2n) is 7.25. The largest absolute Gasteiger partial charge is 0.441 e. The number of amides is 1. The molecule has 1 aromatic carbocycles. The lowest BCUT2D eigenvalue weighted by Gasteiger charge is -2.49. The van der Waals surface area contributed by atoms with Gasteiger partial charge in [0.1, 0.15) is 5.75 Å². The highest BCUT2D eigenvalue weighted by Gasteiger charge is 2.40. The van der Waals surface area contributed by atoms with E-state index in [2.05, 4.69) is 22.1 Å². The number of H-pyrrole nitrogens is 1. The zero-order chi connectivity index (χ0) is 17.4. The smallest absolute Gasteiger partial charge is 0.251 e. The minimum absolute atomic E-state index is 0.00729. The minimum Gasteiger partial charge on any atom is -0.441 e. The fourth-order valence-corrected chi connectivity index (χ4v) is 4.12. The number of hydrogen-bond donors (Lipinski definition) is 2. The maximum atomic E-state index is 12.6. The SMILES string of the molecule is Cc1ccc(Oc2ccc(C(=O)NC3C4CCN(CC4)C3C)cc2)[nH]1. The molecule has 0 spiro atoms. The third-order valence-corrected chi connectivity index (χ3v) is 5.62. The second-order valence-corrected chi connectivity index (χ2v) is 7.25. The molecule has 4 heterocycles. The van der Waals surface area contributed by atoms with Crippen molar-refractivity contribution in [3.63, 3.8) is 0 Å². The number of nitrogens with zero attached hydrogens (tertiary/aromatic N) is 1. The molecule has 3 aliphatic rings. The van der Waals surface area contributed by atoms with Crippen LogP contribution in [0, 0.1) is 12.8 Å². The van der Waals surface area contributed by atoms with Gasteiger partial charge in [0.05, 0.1) is 0 Å². The number of benzene rings is 1. The van der Waals surface area contributed by atoms with Gasteiger partial charge in [0.15, 0.2) is 5.88 Å². The van der Waals surface area contributed by atoms with Crippen LogP contribution in [0.2, 0.25) is 0 Å². The van der Waals surface area contributed by atoms with Crippen molar-refractivity contribution in [1.29, 1.82) is 0 Å². The van der Waals surface area contributed by atoms with E-state index in [0.717, 1.165) is 11.4 Å². The summed E-state index contributed by atoms with van der Waals surface area (Å²) in [4.78, 5) is 18.2. The molecule has 1 aromatic heterocycles. The van der Waals surface area contributed by atoms with Crippen molar-refractivity contribution in [2.45, 2.75) is 38.8 Å². The Bertz CT molecular complexity index is 743. The molecule has 5 nitrogen and oxygen atoms in total. The van der Waals surface area contributed by atoms with Gasteiger partial charge in [-0.25, -0.2) is 0 Å². The van der Waals surface area contributed by atoms with Crippen LogP contribution in [0.3, 0.4) is 0 Å². The standard InChI is InChI=1S/C20H25N3O2/c1-13-3-8-18(21-13)25-17-6-4-16(5-7-17)20(24)22-19-14(2)23-11-9-15(19)10-12-23/h3-8,14-15,19,21H,9-12H2,1-2H3,(H,22,24). The van der Waals surface area contributed by atoms with Crippen LogP contribution in [0.1, 0.15) is 35.8 Å². The Labute approximate surface area is 148 Å². The average molecular weight is 339 g/mol. The van der Waals surface area contributed by atoms with E-state index >= 15 is 0 Å². The predicted octanol–water partition coefficient (Wildman–Crippen LogP) is 3.33. The molecule has 0 radical (unpaired) electrons. The number of rotatable bonds is 4. The summed E-state index contributed by atoms with van der Waals surface area (Å²) in [6.07, 6.45) is 2.38. The highest BCUT2D eigenvalue weighted by atomic mass is 16.5. The Hall–Kier alpha value is -2.27. The van der Waals surface area contributed by atoms with Gasteiger partial charge in [-0.2, -0.15) is 0 Å². The molecule has 1 amide bonds. The number of piperidine rings is 3. The van der Waals surface area contributed by atoms with E-state index < -0.39 is 0 Å². The normalized spacial score (nSPS) is 27.9. The topological polar surface area (TPSA) is 57.4 Å². The molecule has 2 atom stereocenters. The van der Waals surface area contributed by atoms with Gasteiger partial charge in [-0.3, -0.25) is 9.69 Å². The molecule has 0 aliphatic carbocycles. The quantitative estimate of drug-likeness (QED) is 0.898. The fraction of sp³-hybridized carbons (Fsp3) is 0.450. The number of carbonyl (C=O) groups is 1. The van der Waals surface area contributed by atoms with Crippen molar-refractivity contribution < 1.29 is 9.53 Å². The molecule has 3 fully saturated rings. The molecule has 5 heteroatoms. The van der Waals surface area contributed by atoms with Crippen molar-refractivity contribution in [1.82, 2.24) is 15.2 Å². The van der Waals surface area contributed by atoms with Gasteiger partial charge in [-0.05, 0) is 76.0 Å². The molecule has 132 valence electrons. The number of aromatic nitrogens is 1. The molecular formula is C20H25N3O2. The van der Waals surface area contributed by atoms with E-state index in [1.165, 1.54) is 25.9 Å². The van der Waals surface area contributed by atoms with Crippen LogP contribution in [0.4, 0.5) is 0 Å². The second kappa shape index (κ2) is 6.56. The Balaban J connectivity index is 1.40. The van der Waals surface area contributed by atoms with Gasteiger partial charge < -0.3 is 15.0 Å². The average Bonchev–Trinajstić information content (AvgIpc) is 3.04. The summed E-state index contributed by atoms with van der Waals surface area (Å²) in [5.74, 6) is 2.04. The highest BCUT2D eigenvalue weighted by Crippen LogP contribution is 2.32. The molecule has 2 bridgehead atoms. The van der Waals surface area contributed by atoms with Crippen LogP contribution in [0.15, 0.2) is 36.4 Å². The number of fused-ring (bicyclic) bond motifs is 3. The Morgan fingerprint density at radius 3 is 2.48 bits per heavy atom. The molecule has 25 heavy (non-hydrogen) atoms. The van der Waals surface area contributed by atoms with Gasteiger partial charge in [-0.1, -0.05) is 0 Å². The van der Waals surface area contributed by atoms with Crippen LogP contribution < -0.4 is 10.1 Å². The summed E-state index contributed by atoms with van der Waals surface area (Å²) < 4.78 is 5.75. The van der Waals surface area contributed by atoms with Crippen molar-refractivity contribution in [3.8, 4) is 11.6 Å². The van der Waals surface area contributed by atoms with Crippen molar-refractivity contribution in [2.24, 2.45) is 5.92 Å². The Kier molecular flexibility index (Phi) is 4.25. The van der Waals surface area contributed by atoms with Crippen molar-refractivity contribution in [2.75, 3.05) is 13.1 Å². The van der Waals surface area contributed by atoms with Gasteiger partial charge >= 0.3 is 0 Å². The molecular weight excluding hydrogens is 314 g/mol. The summed E-state index contributed by atoms with van der Waals surface area (Å²) >= 11 is 0. The zero-order valence-electron chi connectivity index (χ0n) is 14.8. The van der Waals surface area contributed by atoms with E-state index in [0.29, 0.717) is 23.4 Å². The summed E-state index contributed by atoms with van der Waals surface area (Å²) in [6.45, 7) is 6.55. The van der Waals surface area contributed by atoms with Gasteiger partial charge in [0, 0.05) is 29.4 Å². The summed E-state index contributed by atoms with van der Waals surface area (Å²) in [5, 5.41) is 3.26. The van der Waals surface area contributed by atoms with E-state index in [1.807, 2.05) is 43.3 Å². The Morgan fingerprint density at radius 1 is 1.16 bits per heavy atom. The van der Waals surface area contributed by atoms with E-state index in [4.69, 9.17) is 4.74 Å². The predicted molar refractivity (Wildman–Crippen MR) is 97.1 cm³/mol.